The van der Waals surface area contributed by atoms with Gasteiger partial charge < -0.3 is 15.5 Å². The molecule has 0 aromatic carbocycles. The third kappa shape index (κ3) is 71.0. The van der Waals surface area contributed by atoms with Crippen LogP contribution in [0.5, 0.6) is 0 Å². The highest BCUT2D eigenvalue weighted by Gasteiger charge is 2.18. The fourth-order valence-electron chi connectivity index (χ4n) is 12.2. The van der Waals surface area contributed by atoms with Crippen LogP contribution in [0.2, 0.25) is 0 Å². The molecule has 2 atom stereocenters. The number of aliphatic hydroxyl groups is 2. The number of rotatable bonds is 72. The summed E-state index contributed by atoms with van der Waals surface area (Å²) in [4.78, 5) is 12.6. The Bertz CT molecular complexity index is 1320. The second kappa shape index (κ2) is 74.6. The molecule has 0 spiro atoms. The van der Waals surface area contributed by atoms with Crippen molar-refractivity contribution in [3.05, 3.63) is 48.6 Å². The van der Waals surface area contributed by atoms with E-state index in [0.717, 1.165) is 38.5 Å². The summed E-state index contributed by atoms with van der Waals surface area (Å²) in [5.74, 6) is -0.0695. The van der Waals surface area contributed by atoms with Crippen molar-refractivity contribution in [3.63, 3.8) is 0 Å². The van der Waals surface area contributed by atoms with Crippen molar-refractivity contribution in [2.45, 2.75) is 443 Å². The number of amides is 1. The van der Waals surface area contributed by atoms with Gasteiger partial charge in [0.15, 0.2) is 0 Å². The number of hydrogen-bond donors (Lipinski definition) is 3. The Labute approximate surface area is 522 Å². The first-order valence-electron chi connectivity index (χ1n) is 38.4. The standard InChI is InChI=1S/C79H151NO3/c1-3-5-7-9-11-13-15-17-19-21-23-25-27-29-31-33-35-37-38-39-40-41-42-43-45-47-49-51-53-55-57-59-61-63-65-67-69-71-73-75-79(83)80-77(76-81)78(82)74-72-70-68-66-64-62-60-58-56-54-52-50-48-46-44-36-34-32-30-28-26-24-22-20-18-16-14-12-10-8-6-4-2/h21,23,56,58,64,66,72,74,77-78,81-82H,3-20,22,24-55,57,59-63,65,67-71,73,75-76H2,1-2H3,(H,80,83)/b23-21-,58-56+,66-64+,74-72+. The maximum atomic E-state index is 12.6. The molecule has 0 radical (unpaired) electrons. The quantitative estimate of drug-likeness (QED) is 0.0420. The van der Waals surface area contributed by atoms with Crippen molar-refractivity contribution in [2.24, 2.45) is 0 Å². The fourth-order valence-corrected chi connectivity index (χ4v) is 12.2. The molecule has 0 rings (SSSR count). The van der Waals surface area contributed by atoms with E-state index in [0.29, 0.717) is 6.42 Å². The number of nitrogens with one attached hydrogen (secondary N) is 1. The predicted molar refractivity (Wildman–Crippen MR) is 373 cm³/mol. The molecule has 0 saturated carbocycles. The lowest BCUT2D eigenvalue weighted by atomic mass is 10.0. The molecule has 4 nitrogen and oxygen atoms in total. The molecule has 1 amide bonds. The second-order valence-electron chi connectivity index (χ2n) is 26.4. The number of unbranched alkanes of at least 4 members (excludes halogenated alkanes) is 59. The summed E-state index contributed by atoms with van der Waals surface area (Å²) in [6.45, 7) is 4.34. The van der Waals surface area contributed by atoms with Gasteiger partial charge >= 0.3 is 0 Å². The molecule has 0 aliphatic heterocycles. The Morgan fingerprint density at radius 3 is 0.699 bits per heavy atom. The normalized spacial score (nSPS) is 12.9. The van der Waals surface area contributed by atoms with E-state index in [4.69, 9.17) is 0 Å². The largest absolute Gasteiger partial charge is 0.394 e. The van der Waals surface area contributed by atoms with Crippen molar-refractivity contribution in [3.8, 4) is 0 Å². The van der Waals surface area contributed by atoms with Gasteiger partial charge in [-0.3, -0.25) is 4.79 Å². The molecule has 0 saturated heterocycles. The lowest BCUT2D eigenvalue weighted by molar-refractivity contribution is -0.123. The predicted octanol–water partition coefficient (Wildman–Crippen LogP) is 26.4. The first-order chi connectivity index (χ1) is 41.2. The summed E-state index contributed by atoms with van der Waals surface area (Å²) in [6, 6.07) is -0.647. The Balaban J connectivity index is 3.43. The lowest BCUT2D eigenvalue weighted by Gasteiger charge is -2.19. The smallest absolute Gasteiger partial charge is 0.220 e. The molecule has 0 bridgehead atoms. The van der Waals surface area contributed by atoms with Crippen LogP contribution in [-0.2, 0) is 4.79 Å². The number of allylic oxidation sites excluding steroid dienone is 7. The molecule has 490 valence electrons. The summed E-state index contributed by atoms with van der Waals surface area (Å²) in [7, 11) is 0. The molecule has 0 aromatic heterocycles. The van der Waals surface area contributed by atoms with E-state index < -0.39 is 12.1 Å². The highest BCUT2D eigenvalue weighted by atomic mass is 16.3. The fraction of sp³-hybridized carbons (Fsp3) is 0.886. The summed E-state index contributed by atoms with van der Waals surface area (Å²) in [5, 5.41) is 23.3. The van der Waals surface area contributed by atoms with Gasteiger partial charge in [0.1, 0.15) is 0 Å². The zero-order valence-electron chi connectivity index (χ0n) is 56.7. The summed E-state index contributed by atoms with van der Waals surface area (Å²) >= 11 is 0. The average molecular weight is 1160 g/mol. The van der Waals surface area contributed by atoms with Gasteiger partial charge in [-0.2, -0.15) is 0 Å². The van der Waals surface area contributed by atoms with E-state index >= 15 is 0 Å². The third-order valence-electron chi connectivity index (χ3n) is 18.0. The Morgan fingerprint density at radius 1 is 0.277 bits per heavy atom. The monoisotopic (exact) mass is 1160 g/mol. The number of carbonyl (C=O) groups is 1. The lowest BCUT2D eigenvalue weighted by Crippen LogP contribution is -2.45. The molecule has 4 heteroatoms. The molecular weight excluding hydrogens is 1010 g/mol. The van der Waals surface area contributed by atoms with Gasteiger partial charge in [0, 0.05) is 6.42 Å². The molecule has 0 aliphatic carbocycles. The maximum absolute atomic E-state index is 12.6. The summed E-state index contributed by atoms with van der Waals surface area (Å²) in [5.41, 5.74) is 0. The second-order valence-corrected chi connectivity index (χ2v) is 26.4. The first-order valence-corrected chi connectivity index (χ1v) is 38.4. The van der Waals surface area contributed by atoms with Crippen LogP contribution in [0.3, 0.4) is 0 Å². The summed E-state index contributed by atoms with van der Waals surface area (Å²) in [6.07, 6.45) is 105. The molecule has 0 fully saturated rings. The van der Waals surface area contributed by atoms with E-state index in [2.05, 4.69) is 55.6 Å². The Morgan fingerprint density at radius 2 is 0.470 bits per heavy atom. The van der Waals surface area contributed by atoms with Crippen LogP contribution in [0, 0.1) is 0 Å². The van der Waals surface area contributed by atoms with E-state index in [9.17, 15) is 15.0 Å². The molecule has 3 N–H and O–H groups in total. The summed E-state index contributed by atoms with van der Waals surface area (Å²) < 4.78 is 0. The van der Waals surface area contributed by atoms with Crippen LogP contribution in [-0.4, -0.2) is 34.9 Å². The Hall–Kier alpha value is -1.65. The van der Waals surface area contributed by atoms with E-state index in [-0.39, 0.29) is 12.5 Å². The van der Waals surface area contributed by atoms with Crippen LogP contribution in [0.4, 0.5) is 0 Å². The SMILES string of the molecule is CCCCCCCCCC/C=C\CCCCCCCCCCCCCCCCCCCCCCCCCCCCCC(=O)NC(CO)C(O)/C=C/CC/C=C/CC/C=C/CCCCCCCCCCCCCCCCCCCCCCCC. The first kappa shape index (κ1) is 81.3. The van der Waals surface area contributed by atoms with Crippen LogP contribution < -0.4 is 5.32 Å². The number of carbonyl (C=O) groups excluding carboxylic acids is 1. The van der Waals surface area contributed by atoms with Crippen molar-refractivity contribution in [1.29, 1.82) is 0 Å². The zero-order chi connectivity index (χ0) is 59.8. The van der Waals surface area contributed by atoms with Gasteiger partial charge in [-0.05, 0) is 70.6 Å². The van der Waals surface area contributed by atoms with Gasteiger partial charge in [0.05, 0.1) is 18.8 Å². The number of aliphatic hydroxyl groups excluding tert-OH is 2. The van der Waals surface area contributed by atoms with Crippen molar-refractivity contribution in [1.82, 2.24) is 5.32 Å². The Kier molecular flexibility index (Phi) is 73.1. The van der Waals surface area contributed by atoms with Crippen LogP contribution >= 0.6 is 0 Å². The highest BCUT2D eigenvalue weighted by Crippen LogP contribution is 2.20. The van der Waals surface area contributed by atoms with E-state index in [1.807, 2.05) is 6.08 Å². The maximum Gasteiger partial charge on any atom is 0.220 e. The molecule has 2 unspecified atom stereocenters. The van der Waals surface area contributed by atoms with Crippen molar-refractivity contribution >= 4 is 5.91 Å². The molecule has 83 heavy (non-hydrogen) atoms. The van der Waals surface area contributed by atoms with Crippen molar-refractivity contribution in [2.75, 3.05) is 6.61 Å². The molecule has 0 heterocycles. The third-order valence-corrected chi connectivity index (χ3v) is 18.0. The van der Waals surface area contributed by atoms with Gasteiger partial charge in [-0.1, -0.05) is 403 Å². The van der Waals surface area contributed by atoms with Crippen LogP contribution in [0.25, 0.3) is 0 Å². The molecule has 0 aliphatic rings. The minimum atomic E-state index is -0.872. The number of hydrogen-bond acceptors (Lipinski definition) is 3. The van der Waals surface area contributed by atoms with Gasteiger partial charge in [0.2, 0.25) is 5.91 Å². The topological polar surface area (TPSA) is 69.6 Å². The minimum Gasteiger partial charge on any atom is -0.394 e. The molecular formula is C79H151NO3. The van der Waals surface area contributed by atoms with Gasteiger partial charge in [0.25, 0.3) is 0 Å². The van der Waals surface area contributed by atoms with Gasteiger partial charge in [-0.25, -0.2) is 0 Å². The zero-order valence-corrected chi connectivity index (χ0v) is 56.7. The van der Waals surface area contributed by atoms with Crippen LogP contribution in [0.1, 0.15) is 431 Å². The van der Waals surface area contributed by atoms with Gasteiger partial charge in [-0.15, -0.1) is 0 Å². The minimum absolute atomic E-state index is 0.0695. The average Bonchev–Trinajstić information content (AvgIpc) is 3.51. The van der Waals surface area contributed by atoms with E-state index in [1.54, 1.807) is 6.08 Å². The van der Waals surface area contributed by atoms with Crippen LogP contribution in [0.15, 0.2) is 48.6 Å². The van der Waals surface area contributed by atoms with E-state index in [1.165, 1.54) is 372 Å². The molecule has 0 aromatic rings. The van der Waals surface area contributed by atoms with Crippen molar-refractivity contribution < 1.29 is 15.0 Å². The highest BCUT2D eigenvalue weighted by molar-refractivity contribution is 5.76.